The number of hydrogen-bond donors (Lipinski definition) is 2. The molecule has 0 aliphatic carbocycles. The maximum absolute atomic E-state index is 5.82. The van der Waals surface area contributed by atoms with E-state index < -0.39 is 0 Å². The summed E-state index contributed by atoms with van der Waals surface area (Å²) in [4.78, 5) is 11.2. The number of aromatic nitrogens is 1. The van der Waals surface area contributed by atoms with Crippen molar-refractivity contribution < 1.29 is 14.2 Å². The Labute approximate surface area is 174 Å². The lowest BCUT2D eigenvalue weighted by molar-refractivity contribution is 0.0203. The van der Waals surface area contributed by atoms with Crippen molar-refractivity contribution in [3.05, 3.63) is 23.9 Å². The van der Waals surface area contributed by atoms with Crippen molar-refractivity contribution >= 4 is 11.8 Å². The number of anilines is 1. The Bertz CT molecular complexity index is 616. The first-order valence-electron chi connectivity index (χ1n) is 10.7. The molecule has 2 N–H and O–H groups in total. The topological polar surface area (TPSA) is 80.2 Å². The number of nitrogens with one attached hydrogen (secondary N) is 2. The molecule has 8 heteroatoms. The quantitative estimate of drug-likeness (QED) is 0.365. The van der Waals surface area contributed by atoms with Crippen molar-refractivity contribution in [2.75, 3.05) is 71.2 Å². The number of pyridine rings is 1. The van der Waals surface area contributed by atoms with Crippen molar-refractivity contribution in [3.8, 4) is 0 Å². The Balaban J connectivity index is 1.34. The van der Waals surface area contributed by atoms with E-state index in [0.717, 1.165) is 95.9 Å². The van der Waals surface area contributed by atoms with Crippen molar-refractivity contribution in [2.24, 2.45) is 10.9 Å². The molecule has 162 valence electrons. The highest BCUT2D eigenvalue weighted by molar-refractivity contribution is 5.79. The normalized spacial score (nSPS) is 18.7. The molecule has 8 nitrogen and oxygen atoms in total. The maximum atomic E-state index is 5.82. The van der Waals surface area contributed by atoms with Crippen LogP contribution in [0.5, 0.6) is 0 Å². The van der Waals surface area contributed by atoms with Crippen LogP contribution in [0.15, 0.2) is 23.3 Å². The molecule has 2 fully saturated rings. The Kier molecular flexibility index (Phi) is 9.49. The summed E-state index contributed by atoms with van der Waals surface area (Å²) in [6.07, 6.45) is 5.04. The fourth-order valence-corrected chi connectivity index (χ4v) is 3.57. The van der Waals surface area contributed by atoms with Crippen molar-refractivity contribution in [2.45, 2.75) is 25.8 Å². The van der Waals surface area contributed by atoms with Crippen LogP contribution in [0.1, 0.15) is 24.8 Å². The molecule has 0 aromatic carbocycles. The minimum absolute atomic E-state index is 0.659. The van der Waals surface area contributed by atoms with E-state index in [1.807, 2.05) is 12.3 Å². The van der Waals surface area contributed by atoms with Gasteiger partial charge in [0.1, 0.15) is 5.82 Å². The maximum Gasteiger partial charge on any atom is 0.191 e. The van der Waals surface area contributed by atoms with Crippen LogP contribution in [0, 0.1) is 5.92 Å². The van der Waals surface area contributed by atoms with Crippen LogP contribution in [-0.4, -0.2) is 77.3 Å². The molecular formula is C21H35N5O3. The second kappa shape index (κ2) is 12.6. The van der Waals surface area contributed by atoms with E-state index in [2.05, 4.69) is 31.6 Å². The van der Waals surface area contributed by atoms with Gasteiger partial charge in [-0.3, -0.25) is 4.99 Å². The summed E-state index contributed by atoms with van der Waals surface area (Å²) >= 11 is 0. The van der Waals surface area contributed by atoms with Crippen LogP contribution in [0.2, 0.25) is 0 Å². The minimum Gasteiger partial charge on any atom is -0.381 e. The largest absolute Gasteiger partial charge is 0.381 e. The highest BCUT2D eigenvalue weighted by Crippen LogP contribution is 2.18. The van der Waals surface area contributed by atoms with Gasteiger partial charge in [0.05, 0.1) is 13.2 Å². The van der Waals surface area contributed by atoms with Crippen LogP contribution in [0.3, 0.4) is 0 Å². The Morgan fingerprint density at radius 3 is 2.79 bits per heavy atom. The molecule has 0 saturated carbocycles. The first-order chi connectivity index (χ1) is 14.4. The molecule has 0 unspecified atom stereocenters. The summed E-state index contributed by atoms with van der Waals surface area (Å²) in [6, 6.07) is 4.09. The van der Waals surface area contributed by atoms with Gasteiger partial charge in [-0.05, 0) is 31.2 Å². The molecule has 29 heavy (non-hydrogen) atoms. The second-order valence-electron chi connectivity index (χ2n) is 7.42. The zero-order valence-corrected chi connectivity index (χ0v) is 17.6. The summed E-state index contributed by atoms with van der Waals surface area (Å²) < 4.78 is 16.7. The molecule has 2 saturated heterocycles. The van der Waals surface area contributed by atoms with E-state index in [0.29, 0.717) is 12.5 Å². The third kappa shape index (κ3) is 7.45. The number of aliphatic imine (C=N–C) groups is 1. The molecule has 1 aromatic rings. The lowest BCUT2D eigenvalue weighted by atomic mass is 10.0. The summed E-state index contributed by atoms with van der Waals surface area (Å²) in [5, 5.41) is 6.76. The number of ether oxygens (including phenoxy) is 3. The predicted molar refractivity (Wildman–Crippen MR) is 114 cm³/mol. The lowest BCUT2D eigenvalue weighted by Gasteiger charge is -2.29. The zero-order valence-electron chi connectivity index (χ0n) is 17.6. The van der Waals surface area contributed by atoms with Gasteiger partial charge >= 0.3 is 0 Å². The highest BCUT2D eigenvalue weighted by Gasteiger charge is 2.16. The predicted octanol–water partition coefficient (Wildman–Crippen LogP) is 1.42. The number of nitrogens with zero attached hydrogens (tertiary/aromatic N) is 3. The molecule has 3 rings (SSSR count). The van der Waals surface area contributed by atoms with Gasteiger partial charge in [0.15, 0.2) is 5.96 Å². The van der Waals surface area contributed by atoms with Crippen molar-refractivity contribution in [3.63, 3.8) is 0 Å². The van der Waals surface area contributed by atoms with Crippen LogP contribution in [0.25, 0.3) is 0 Å². The Hall–Kier alpha value is -1.90. The standard InChI is InChI=1S/C21H35N5O3/c1-22-21(24-8-3-11-29-17-18-5-12-27-13-6-18)25-16-19-4-2-7-23-20(19)26-9-14-28-15-10-26/h2,4,7,18H,3,5-6,8-17H2,1H3,(H2,22,24,25). The first-order valence-corrected chi connectivity index (χ1v) is 10.7. The second-order valence-corrected chi connectivity index (χ2v) is 7.42. The fraction of sp³-hybridized carbons (Fsp3) is 0.714. The van der Waals surface area contributed by atoms with Gasteiger partial charge < -0.3 is 29.7 Å². The number of hydrogen-bond acceptors (Lipinski definition) is 6. The smallest absolute Gasteiger partial charge is 0.191 e. The van der Waals surface area contributed by atoms with E-state index in [1.165, 1.54) is 0 Å². The van der Waals surface area contributed by atoms with Gasteiger partial charge in [0.2, 0.25) is 0 Å². The third-order valence-corrected chi connectivity index (χ3v) is 5.30. The summed E-state index contributed by atoms with van der Waals surface area (Å²) in [5.74, 6) is 2.48. The van der Waals surface area contributed by atoms with E-state index in [4.69, 9.17) is 14.2 Å². The summed E-state index contributed by atoms with van der Waals surface area (Å²) in [5.41, 5.74) is 1.16. The van der Waals surface area contributed by atoms with Crippen LogP contribution >= 0.6 is 0 Å². The molecule has 0 amide bonds. The molecule has 1 aromatic heterocycles. The molecule has 0 spiro atoms. The van der Waals surface area contributed by atoms with Gasteiger partial charge in [-0.2, -0.15) is 0 Å². The zero-order chi connectivity index (χ0) is 20.2. The molecular weight excluding hydrogens is 370 g/mol. The molecule has 2 aliphatic heterocycles. The fourth-order valence-electron chi connectivity index (χ4n) is 3.57. The summed E-state index contributed by atoms with van der Waals surface area (Å²) in [7, 11) is 1.79. The van der Waals surface area contributed by atoms with Crippen LogP contribution in [0.4, 0.5) is 5.82 Å². The van der Waals surface area contributed by atoms with E-state index in [1.54, 1.807) is 7.05 Å². The molecule has 2 aliphatic rings. The summed E-state index contributed by atoms with van der Waals surface area (Å²) in [6.45, 7) is 8.15. The third-order valence-electron chi connectivity index (χ3n) is 5.30. The average molecular weight is 406 g/mol. The minimum atomic E-state index is 0.659. The van der Waals surface area contributed by atoms with Gasteiger partial charge in [-0.1, -0.05) is 6.07 Å². The Morgan fingerprint density at radius 1 is 1.21 bits per heavy atom. The SMILES string of the molecule is CN=C(NCCCOCC1CCOCC1)NCc1cccnc1N1CCOCC1. The van der Waals surface area contributed by atoms with Gasteiger partial charge in [0.25, 0.3) is 0 Å². The number of morpholine rings is 1. The highest BCUT2D eigenvalue weighted by atomic mass is 16.5. The van der Waals surface area contributed by atoms with Gasteiger partial charge in [-0.25, -0.2) is 4.98 Å². The van der Waals surface area contributed by atoms with Gasteiger partial charge in [-0.15, -0.1) is 0 Å². The van der Waals surface area contributed by atoms with Crippen LogP contribution in [-0.2, 0) is 20.8 Å². The monoisotopic (exact) mass is 405 g/mol. The van der Waals surface area contributed by atoms with Gasteiger partial charge in [0, 0.05) is 71.4 Å². The van der Waals surface area contributed by atoms with Crippen molar-refractivity contribution in [1.29, 1.82) is 0 Å². The molecule has 0 bridgehead atoms. The average Bonchev–Trinajstić information content (AvgIpc) is 2.79. The lowest BCUT2D eigenvalue weighted by Crippen LogP contribution is -2.39. The van der Waals surface area contributed by atoms with Crippen molar-refractivity contribution in [1.82, 2.24) is 15.6 Å². The number of rotatable bonds is 9. The van der Waals surface area contributed by atoms with E-state index >= 15 is 0 Å². The molecule has 0 radical (unpaired) electrons. The molecule has 3 heterocycles. The molecule has 0 atom stereocenters. The Morgan fingerprint density at radius 2 is 2.00 bits per heavy atom. The van der Waals surface area contributed by atoms with E-state index in [-0.39, 0.29) is 0 Å². The number of guanidine groups is 1. The van der Waals surface area contributed by atoms with Crippen LogP contribution < -0.4 is 15.5 Å². The first kappa shape index (κ1) is 21.8. The van der Waals surface area contributed by atoms with E-state index in [9.17, 15) is 0 Å².